The third-order valence-corrected chi connectivity index (χ3v) is 7.18. The molecule has 0 fully saturated rings. The second-order valence-corrected chi connectivity index (χ2v) is 11.2. The van der Waals surface area contributed by atoms with Gasteiger partial charge in [0.15, 0.2) is 0 Å². The highest BCUT2D eigenvalue weighted by Crippen LogP contribution is 2.38. The van der Waals surface area contributed by atoms with E-state index in [2.05, 4.69) is 40.7 Å². The lowest BCUT2D eigenvalue weighted by molar-refractivity contribution is 0.0999. The Morgan fingerprint density at radius 2 is 1.76 bits per heavy atom. The Bertz CT molecular complexity index is 1680. The lowest BCUT2D eigenvalue weighted by atomic mass is 9.95. The topological polar surface area (TPSA) is 108 Å². The molecule has 0 aliphatic rings. The van der Waals surface area contributed by atoms with Crippen LogP contribution >= 0.6 is 0 Å². The maximum atomic E-state index is 11.9. The number of rotatable bonds is 10. The predicted octanol–water partition coefficient (Wildman–Crippen LogP) is 6.19. The smallest absolute Gasteiger partial charge is 0.248 e. The Hall–Kier alpha value is -4.43. The lowest BCUT2D eigenvalue weighted by Crippen LogP contribution is -2.13. The highest BCUT2D eigenvalue weighted by molar-refractivity contribution is 5.95. The van der Waals surface area contributed by atoms with Crippen LogP contribution in [0.4, 0.5) is 0 Å². The molecular weight excluding hydrogens is 514 g/mol. The average Bonchev–Trinajstić information content (AvgIpc) is 3.52. The molecule has 0 spiro atoms. The first-order valence-electron chi connectivity index (χ1n) is 14.0. The van der Waals surface area contributed by atoms with Crippen LogP contribution in [0.15, 0.2) is 72.9 Å². The van der Waals surface area contributed by atoms with E-state index in [-0.39, 0.29) is 5.92 Å². The number of fused-ring (bicyclic) bond motifs is 1. The van der Waals surface area contributed by atoms with Crippen molar-refractivity contribution in [2.24, 2.45) is 11.7 Å². The molecule has 1 atom stereocenters. The Kier molecular flexibility index (Phi) is 7.94. The van der Waals surface area contributed by atoms with E-state index in [9.17, 15) is 9.90 Å². The van der Waals surface area contributed by atoms with E-state index in [1.807, 2.05) is 59.4 Å². The number of ether oxygens (including phenoxy) is 1. The Labute approximate surface area is 240 Å². The molecule has 2 aromatic heterocycles. The summed E-state index contributed by atoms with van der Waals surface area (Å²) in [6, 6.07) is 20.9. The van der Waals surface area contributed by atoms with Gasteiger partial charge in [-0.1, -0.05) is 70.2 Å². The molecule has 0 radical (unpaired) electrons. The number of aromatic nitrogens is 4. The van der Waals surface area contributed by atoms with Crippen LogP contribution in [0.3, 0.4) is 0 Å². The summed E-state index contributed by atoms with van der Waals surface area (Å²) in [5.74, 6) is 0.542. The molecule has 212 valence electrons. The molecule has 2 heterocycles. The van der Waals surface area contributed by atoms with E-state index in [1.54, 1.807) is 16.8 Å². The van der Waals surface area contributed by atoms with Gasteiger partial charge in [0.2, 0.25) is 5.91 Å². The zero-order chi connectivity index (χ0) is 29.3. The molecule has 1 amide bonds. The van der Waals surface area contributed by atoms with Crippen molar-refractivity contribution in [3.05, 3.63) is 95.3 Å². The molecule has 0 saturated heterocycles. The first-order valence-corrected chi connectivity index (χ1v) is 14.0. The highest BCUT2D eigenvalue weighted by atomic mass is 16.5. The van der Waals surface area contributed by atoms with Gasteiger partial charge < -0.3 is 15.6 Å². The van der Waals surface area contributed by atoms with Crippen molar-refractivity contribution in [3.8, 4) is 22.7 Å². The average molecular weight is 552 g/mol. The van der Waals surface area contributed by atoms with Gasteiger partial charge in [0.05, 0.1) is 30.5 Å². The predicted molar refractivity (Wildman–Crippen MR) is 161 cm³/mol. The van der Waals surface area contributed by atoms with Crippen molar-refractivity contribution in [2.45, 2.75) is 53.2 Å². The number of benzene rings is 3. The summed E-state index contributed by atoms with van der Waals surface area (Å²) in [6.07, 6.45) is 1.31. The number of aliphatic hydroxyl groups is 1. The largest absolute Gasteiger partial charge is 0.491 e. The Morgan fingerprint density at radius 3 is 2.44 bits per heavy atom. The third-order valence-electron chi connectivity index (χ3n) is 7.18. The molecular formula is C33H37N5O3. The molecule has 0 aliphatic heterocycles. The molecule has 8 heteroatoms. The maximum absolute atomic E-state index is 11.9. The van der Waals surface area contributed by atoms with Crippen LogP contribution in [0.1, 0.15) is 66.9 Å². The summed E-state index contributed by atoms with van der Waals surface area (Å²) in [4.78, 5) is 11.9. The summed E-state index contributed by atoms with van der Waals surface area (Å²) in [5.41, 5.74) is 12.3. The van der Waals surface area contributed by atoms with Crippen molar-refractivity contribution < 1.29 is 14.6 Å². The van der Waals surface area contributed by atoms with Crippen LogP contribution in [-0.4, -0.2) is 37.2 Å². The van der Waals surface area contributed by atoms with Gasteiger partial charge in [-0.2, -0.15) is 10.2 Å². The second kappa shape index (κ2) is 11.6. The Morgan fingerprint density at radius 1 is 1.00 bits per heavy atom. The number of aliphatic hydroxyl groups excluding tert-OH is 1. The zero-order valence-electron chi connectivity index (χ0n) is 24.2. The van der Waals surface area contributed by atoms with Gasteiger partial charge in [0, 0.05) is 34.0 Å². The minimum Gasteiger partial charge on any atom is -0.491 e. The van der Waals surface area contributed by atoms with E-state index in [0.717, 1.165) is 44.7 Å². The van der Waals surface area contributed by atoms with Gasteiger partial charge in [0.25, 0.3) is 0 Å². The Balaban J connectivity index is 1.60. The number of hydrogen-bond acceptors (Lipinski definition) is 5. The van der Waals surface area contributed by atoms with Gasteiger partial charge in [-0.3, -0.25) is 9.48 Å². The molecule has 3 aromatic carbocycles. The fourth-order valence-corrected chi connectivity index (χ4v) is 5.20. The summed E-state index contributed by atoms with van der Waals surface area (Å²) in [7, 11) is 0. The second-order valence-electron chi connectivity index (χ2n) is 11.2. The summed E-state index contributed by atoms with van der Waals surface area (Å²) in [6.45, 7) is 11.3. The van der Waals surface area contributed by atoms with E-state index in [0.29, 0.717) is 30.4 Å². The van der Waals surface area contributed by atoms with E-state index in [1.165, 1.54) is 0 Å². The van der Waals surface area contributed by atoms with Crippen LogP contribution in [0.5, 0.6) is 5.75 Å². The normalized spacial score (nSPS) is 12.4. The molecule has 41 heavy (non-hydrogen) atoms. The number of hydrogen-bond donors (Lipinski definition) is 2. The fourth-order valence-electron chi connectivity index (χ4n) is 5.20. The van der Waals surface area contributed by atoms with Crippen molar-refractivity contribution in [3.63, 3.8) is 0 Å². The number of primary amides is 1. The molecule has 0 aliphatic carbocycles. The monoisotopic (exact) mass is 551 g/mol. The van der Waals surface area contributed by atoms with E-state index < -0.39 is 12.0 Å². The first kappa shape index (κ1) is 28.1. The fraction of sp³-hybridized carbons (Fsp3) is 0.303. The van der Waals surface area contributed by atoms with E-state index in [4.69, 9.17) is 20.7 Å². The quantitative estimate of drug-likeness (QED) is 0.215. The number of nitrogens with zero attached hydrogens (tertiary/aromatic N) is 4. The molecule has 0 saturated carbocycles. The van der Waals surface area contributed by atoms with E-state index >= 15 is 0 Å². The third kappa shape index (κ3) is 5.74. The molecule has 0 bridgehead atoms. The molecule has 5 aromatic rings. The van der Waals surface area contributed by atoms with Crippen LogP contribution in [0.25, 0.3) is 27.8 Å². The maximum Gasteiger partial charge on any atom is 0.248 e. The van der Waals surface area contributed by atoms with Crippen molar-refractivity contribution in [2.75, 3.05) is 6.61 Å². The molecule has 3 N–H and O–H groups in total. The first-order chi connectivity index (χ1) is 19.6. The number of amides is 1. The van der Waals surface area contributed by atoms with Gasteiger partial charge >= 0.3 is 0 Å². The standard InChI is InChI=1S/C33H37N5O3/c1-20(2)19-41-30-16-24(33(34)40)14-15-28(30)38-22(5)31(21(3)4)32(36-38)25-12-9-13-27-26(25)17-37(35-27)18-29(39)23-10-7-6-8-11-23/h6-17,20-21,29,39H,18-19H2,1-5H3,(H2,34,40)/t29-/m0/s1. The minimum absolute atomic E-state index is 0.189. The van der Waals surface area contributed by atoms with Crippen LogP contribution in [-0.2, 0) is 6.54 Å². The highest BCUT2D eigenvalue weighted by Gasteiger charge is 2.24. The summed E-state index contributed by atoms with van der Waals surface area (Å²) < 4.78 is 9.85. The van der Waals surface area contributed by atoms with Gasteiger partial charge in [0.1, 0.15) is 11.4 Å². The van der Waals surface area contributed by atoms with Crippen molar-refractivity contribution in [1.82, 2.24) is 19.6 Å². The number of carbonyl (C=O) groups is 1. The zero-order valence-corrected chi connectivity index (χ0v) is 24.2. The van der Waals surface area contributed by atoms with Gasteiger partial charge in [-0.15, -0.1) is 0 Å². The number of carbonyl (C=O) groups excluding carboxylic acids is 1. The molecule has 8 nitrogen and oxygen atoms in total. The van der Waals surface area contributed by atoms with Gasteiger partial charge in [-0.25, -0.2) is 4.68 Å². The van der Waals surface area contributed by atoms with Crippen molar-refractivity contribution in [1.29, 1.82) is 0 Å². The van der Waals surface area contributed by atoms with Crippen LogP contribution in [0, 0.1) is 12.8 Å². The lowest BCUT2D eigenvalue weighted by Gasteiger charge is -2.15. The molecule has 0 unspecified atom stereocenters. The van der Waals surface area contributed by atoms with Crippen LogP contribution in [0.2, 0.25) is 0 Å². The summed E-state index contributed by atoms with van der Waals surface area (Å²) >= 11 is 0. The van der Waals surface area contributed by atoms with Gasteiger partial charge in [-0.05, 0) is 48.6 Å². The number of nitrogens with two attached hydrogens (primary N) is 1. The van der Waals surface area contributed by atoms with Crippen LogP contribution < -0.4 is 10.5 Å². The SMILES string of the molecule is Cc1c(C(C)C)c(-c2cccc3nn(C[C@H](O)c4ccccc4)cc23)nn1-c1ccc(C(N)=O)cc1OCC(C)C. The molecule has 5 rings (SSSR count). The summed E-state index contributed by atoms with van der Waals surface area (Å²) in [5, 5.41) is 21.7. The van der Waals surface area contributed by atoms with Crippen molar-refractivity contribution >= 4 is 16.8 Å². The minimum atomic E-state index is -0.672.